The summed E-state index contributed by atoms with van der Waals surface area (Å²) in [6, 6.07) is 22.6. The van der Waals surface area contributed by atoms with Crippen LogP contribution in [0.3, 0.4) is 0 Å². The molecule has 5 heteroatoms. The van der Waals surface area contributed by atoms with E-state index < -0.39 is 18.0 Å². The Balaban J connectivity index is 1.54. The second-order valence-corrected chi connectivity index (χ2v) is 6.68. The van der Waals surface area contributed by atoms with E-state index in [0.717, 1.165) is 27.2 Å². The number of cyclic esters (lactones) is 1. The predicted molar refractivity (Wildman–Crippen MR) is 108 cm³/mol. The Kier molecular flexibility index (Phi) is 5.20. The maximum atomic E-state index is 13.1. The molecule has 0 radical (unpaired) electrons. The topological polar surface area (TPSA) is 46.6 Å². The van der Waals surface area contributed by atoms with E-state index in [0.29, 0.717) is 0 Å². The summed E-state index contributed by atoms with van der Waals surface area (Å²) in [5, 5.41) is 0. The second-order valence-electron chi connectivity index (χ2n) is 6.68. The summed E-state index contributed by atoms with van der Waals surface area (Å²) in [5.41, 5.74) is 3.42. The smallest absolute Gasteiger partial charge is 0.417 e. The van der Waals surface area contributed by atoms with Crippen molar-refractivity contribution in [3.05, 3.63) is 102 Å². The van der Waals surface area contributed by atoms with Crippen molar-refractivity contribution in [1.82, 2.24) is 4.90 Å². The second kappa shape index (κ2) is 8.10. The van der Waals surface area contributed by atoms with E-state index in [4.69, 9.17) is 4.74 Å². The van der Waals surface area contributed by atoms with Crippen LogP contribution in [0.1, 0.15) is 17.2 Å². The normalized spacial score (nSPS) is 16.2. The van der Waals surface area contributed by atoms with Crippen LogP contribution in [0.15, 0.2) is 84.9 Å². The van der Waals surface area contributed by atoms with Gasteiger partial charge in [0, 0.05) is 6.08 Å². The van der Waals surface area contributed by atoms with Crippen LogP contribution in [0.5, 0.6) is 0 Å². The van der Waals surface area contributed by atoms with E-state index in [9.17, 15) is 14.0 Å². The van der Waals surface area contributed by atoms with E-state index in [-0.39, 0.29) is 12.4 Å². The van der Waals surface area contributed by atoms with Crippen LogP contribution in [0.25, 0.3) is 17.2 Å². The minimum atomic E-state index is -0.645. The van der Waals surface area contributed by atoms with Crippen LogP contribution in [-0.4, -0.2) is 23.5 Å². The number of benzene rings is 3. The maximum Gasteiger partial charge on any atom is 0.417 e. The summed E-state index contributed by atoms with van der Waals surface area (Å²) >= 11 is 0. The molecule has 1 aliphatic heterocycles. The van der Waals surface area contributed by atoms with Gasteiger partial charge in [0.1, 0.15) is 18.5 Å². The quantitative estimate of drug-likeness (QED) is 0.576. The fraction of sp³-hybridized carbons (Fsp3) is 0.0833. The predicted octanol–water partition coefficient (Wildman–Crippen LogP) is 5.23. The molecular weight excluding hydrogens is 369 g/mol. The lowest BCUT2D eigenvalue weighted by Gasteiger charge is -2.18. The van der Waals surface area contributed by atoms with Crippen molar-refractivity contribution in [1.29, 1.82) is 0 Å². The van der Waals surface area contributed by atoms with Crippen LogP contribution < -0.4 is 0 Å². The lowest BCUT2D eigenvalue weighted by Crippen LogP contribution is -2.32. The highest BCUT2D eigenvalue weighted by Gasteiger charge is 2.37. The molecule has 4 nitrogen and oxygen atoms in total. The monoisotopic (exact) mass is 387 g/mol. The third kappa shape index (κ3) is 4.09. The van der Waals surface area contributed by atoms with Gasteiger partial charge in [0.05, 0.1) is 0 Å². The molecule has 1 heterocycles. The zero-order valence-corrected chi connectivity index (χ0v) is 15.5. The van der Waals surface area contributed by atoms with Gasteiger partial charge in [-0.25, -0.2) is 14.1 Å². The van der Waals surface area contributed by atoms with Gasteiger partial charge in [-0.3, -0.25) is 4.79 Å². The fourth-order valence-electron chi connectivity index (χ4n) is 3.30. The molecule has 0 saturated carbocycles. The summed E-state index contributed by atoms with van der Waals surface area (Å²) < 4.78 is 18.2. The standard InChI is InChI=1S/C24H18FNO3/c25-21-12-10-18(11-13-21)20-8-4-5-17(15-20)9-14-23(27)26-22(16-29-24(26)28)19-6-2-1-3-7-19/h1-15,22H,16H2/b14-9+/t22-/m1/s1. The third-order valence-corrected chi connectivity index (χ3v) is 4.78. The number of hydrogen-bond donors (Lipinski definition) is 0. The van der Waals surface area contributed by atoms with Gasteiger partial charge in [-0.15, -0.1) is 0 Å². The van der Waals surface area contributed by atoms with Crippen molar-refractivity contribution in [2.45, 2.75) is 6.04 Å². The van der Waals surface area contributed by atoms with E-state index in [1.54, 1.807) is 18.2 Å². The summed E-state index contributed by atoms with van der Waals surface area (Å²) in [7, 11) is 0. The molecular formula is C24H18FNO3. The van der Waals surface area contributed by atoms with Gasteiger partial charge in [-0.2, -0.15) is 0 Å². The first-order valence-electron chi connectivity index (χ1n) is 9.21. The molecule has 3 aromatic rings. The Hall–Kier alpha value is -3.73. The molecule has 1 fully saturated rings. The Morgan fingerprint density at radius 2 is 1.72 bits per heavy atom. The van der Waals surface area contributed by atoms with Crippen molar-refractivity contribution in [2.75, 3.05) is 6.61 Å². The average molecular weight is 387 g/mol. The fourth-order valence-corrected chi connectivity index (χ4v) is 3.30. The molecule has 0 N–H and O–H groups in total. The Morgan fingerprint density at radius 3 is 2.48 bits per heavy atom. The summed E-state index contributed by atoms with van der Waals surface area (Å²) in [6.45, 7) is 0.141. The number of amides is 2. The van der Waals surface area contributed by atoms with Crippen molar-refractivity contribution in [3.63, 3.8) is 0 Å². The van der Waals surface area contributed by atoms with Crippen LogP contribution in [0.4, 0.5) is 9.18 Å². The molecule has 3 aromatic carbocycles. The van der Waals surface area contributed by atoms with Crippen LogP contribution in [0.2, 0.25) is 0 Å². The van der Waals surface area contributed by atoms with Gasteiger partial charge >= 0.3 is 6.09 Å². The summed E-state index contributed by atoms with van der Waals surface area (Å²) in [6.07, 6.45) is 2.38. The number of imide groups is 1. The number of halogens is 1. The lowest BCUT2D eigenvalue weighted by molar-refractivity contribution is -0.124. The molecule has 1 atom stereocenters. The lowest BCUT2D eigenvalue weighted by atomic mass is 10.0. The molecule has 0 aliphatic carbocycles. The van der Waals surface area contributed by atoms with Gasteiger partial charge < -0.3 is 4.74 Å². The van der Waals surface area contributed by atoms with Gasteiger partial charge in [0.15, 0.2) is 0 Å². The molecule has 1 saturated heterocycles. The van der Waals surface area contributed by atoms with Gasteiger partial charge in [-0.1, -0.05) is 60.7 Å². The van der Waals surface area contributed by atoms with Crippen molar-refractivity contribution in [2.24, 2.45) is 0 Å². The Morgan fingerprint density at radius 1 is 0.966 bits per heavy atom. The third-order valence-electron chi connectivity index (χ3n) is 4.78. The van der Waals surface area contributed by atoms with Crippen LogP contribution >= 0.6 is 0 Å². The SMILES string of the molecule is O=C(/C=C/c1cccc(-c2ccc(F)cc2)c1)N1C(=O)OC[C@@H]1c1ccccc1. The highest BCUT2D eigenvalue weighted by atomic mass is 19.1. The zero-order chi connectivity index (χ0) is 20.2. The molecule has 0 aromatic heterocycles. The molecule has 144 valence electrons. The molecule has 1 aliphatic rings. The Labute approximate surface area is 167 Å². The van der Waals surface area contributed by atoms with E-state index >= 15 is 0 Å². The van der Waals surface area contributed by atoms with E-state index in [1.807, 2.05) is 54.6 Å². The summed E-state index contributed by atoms with van der Waals surface area (Å²) in [4.78, 5) is 25.9. The molecule has 2 amide bonds. The highest BCUT2D eigenvalue weighted by Crippen LogP contribution is 2.28. The van der Waals surface area contributed by atoms with Gasteiger partial charge in [-0.05, 0) is 46.5 Å². The minimum Gasteiger partial charge on any atom is -0.446 e. The number of carbonyl (C=O) groups excluding carboxylic acids is 2. The molecule has 0 spiro atoms. The van der Waals surface area contributed by atoms with Crippen LogP contribution in [0, 0.1) is 5.82 Å². The number of nitrogens with zero attached hydrogens (tertiary/aromatic N) is 1. The largest absolute Gasteiger partial charge is 0.446 e. The van der Waals surface area contributed by atoms with Crippen molar-refractivity contribution < 1.29 is 18.7 Å². The Bertz CT molecular complexity index is 1060. The highest BCUT2D eigenvalue weighted by molar-refractivity contribution is 6.02. The zero-order valence-electron chi connectivity index (χ0n) is 15.5. The number of rotatable bonds is 4. The van der Waals surface area contributed by atoms with Crippen molar-refractivity contribution in [3.8, 4) is 11.1 Å². The first kappa shape index (κ1) is 18.6. The molecule has 29 heavy (non-hydrogen) atoms. The molecule has 0 bridgehead atoms. The molecule has 4 rings (SSSR count). The minimum absolute atomic E-state index is 0.141. The van der Waals surface area contributed by atoms with Crippen molar-refractivity contribution >= 4 is 18.1 Å². The average Bonchev–Trinajstić information content (AvgIpc) is 3.15. The number of hydrogen-bond acceptors (Lipinski definition) is 3. The first-order valence-corrected chi connectivity index (χ1v) is 9.21. The number of carbonyl (C=O) groups is 2. The summed E-state index contributed by atoms with van der Waals surface area (Å²) in [5.74, 6) is -0.727. The first-order chi connectivity index (χ1) is 14.1. The molecule has 0 unspecified atom stereocenters. The maximum absolute atomic E-state index is 13.1. The van der Waals surface area contributed by atoms with E-state index in [1.165, 1.54) is 18.2 Å². The van der Waals surface area contributed by atoms with E-state index in [2.05, 4.69) is 0 Å². The van der Waals surface area contributed by atoms with Crippen LogP contribution in [-0.2, 0) is 9.53 Å². The number of ether oxygens (including phenoxy) is 1. The van der Waals surface area contributed by atoms with Gasteiger partial charge in [0.2, 0.25) is 0 Å². The van der Waals surface area contributed by atoms with Gasteiger partial charge in [0.25, 0.3) is 5.91 Å².